The third-order valence-electron chi connectivity index (χ3n) is 23.4. The number of carbonyl (C=O) groups is 8. The van der Waals surface area contributed by atoms with Crippen molar-refractivity contribution in [3.05, 3.63) is 359 Å². The van der Waals surface area contributed by atoms with Gasteiger partial charge in [-0.3, -0.25) is 67.8 Å². The predicted octanol–water partition coefficient (Wildman–Crippen LogP) is 14.4. The number of carbonyl (C=O) groups excluding carboxylic acids is 5. The number of β-amino-alcohol motifs (C(OH)–C–C–N with tert-alkyl or cyclic N) is 2. The van der Waals surface area contributed by atoms with Crippen LogP contribution in [0.25, 0.3) is 0 Å². The SMILES string of the molecule is O=C(O)[C@H]1CC(F)(F)CN1Cc1ccccc1.O=C(O)[C@H]1C[C@@H](O)CN1.O=C(O)[C@H]1C[C@H](F)CN1Cc1ccccc1.O=C(OCc1ccccc1)[C@H]1CC(F)(F)CN1Cc1ccccc1.O=C(OCc1ccccc1)[C@H]1C[C@@H](O)CN1Cc1ccccc1.O=C(OCc1ccccc1)[C@H]1C[C@H](F)CN1Cc1ccccc1.O=C1C[C@H](C(=O)OCc2ccccc2)N(Cc2ccccc2)C1. The highest BCUT2D eigenvalue weighted by Gasteiger charge is 2.50. The van der Waals surface area contributed by atoms with Gasteiger partial charge in [-0.1, -0.05) is 303 Å². The van der Waals surface area contributed by atoms with Crippen LogP contribution in [0.5, 0.6) is 0 Å². The van der Waals surface area contributed by atoms with Crippen molar-refractivity contribution < 1.29 is 109 Å². The number of hydrogen-bond acceptors (Lipinski definition) is 21. The minimum atomic E-state index is -2.90. The molecular formula is C105H115F6N7O17. The van der Waals surface area contributed by atoms with Crippen molar-refractivity contribution in [1.29, 1.82) is 0 Å². The molecule has 17 rings (SSSR count). The minimum absolute atomic E-state index is 0.0857. The van der Waals surface area contributed by atoms with Crippen LogP contribution in [0.4, 0.5) is 26.3 Å². The van der Waals surface area contributed by atoms with E-state index in [-0.39, 0.29) is 95.1 Å². The lowest BCUT2D eigenvalue weighted by Crippen LogP contribution is -2.36. The standard InChI is InChI=1S/C19H19F2NO2.C19H20FNO2.C19H21NO3.C19H19NO3.C12H13F2NO2.C12H14FNO2.C5H9NO3/c20-19(21)11-17(18(23)24-13-16-9-5-2-6-10-16)22(14-19)12-15-7-3-1-4-8-15;20-17-11-18(19(22)23-14-16-9-5-2-6-10-16)21(13-17)12-15-7-3-1-4-8-15;2*21-17-11-18(19(22)23-14-16-9-5-2-6-10-16)20(13-17)12-15-7-3-1-4-8-15;13-12(14)6-10(11(16)17)15(8-12)7-9-4-2-1-3-5-9;13-10-6-11(12(15)16)14(8-10)7-9-4-2-1-3-5-9;7-3-1-4(5(8)9)6-2-3/h1-10,17H,11-14H2;1-10,17-18H,11-14H2;1-10,17-18,21H,11-14H2;1-10,18H,11-14H2;1-5,10H,6-8H2,(H,16,17);1-5,10-11H,6-8H2,(H,15,16);3-4,6-7H,1-2H2,(H,8,9)/t17-;17-,18+;17-,18-;18-;10-;10-,11+;3-,4-/m1011101/s1. The summed E-state index contributed by atoms with van der Waals surface area (Å²) in [5.41, 5.74) is 9.73. The zero-order valence-corrected chi connectivity index (χ0v) is 74.8. The van der Waals surface area contributed by atoms with Crippen molar-refractivity contribution in [2.24, 2.45) is 0 Å². The van der Waals surface area contributed by atoms with Gasteiger partial charge < -0.3 is 49.8 Å². The van der Waals surface area contributed by atoms with Gasteiger partial charge >= 0.3 is 41.8 Å². The first-order chi connectivity index (χ1) is 65.0. The van der Waals surface area contributed by atoms with Crippen molar-refractivity contribution in [3.63, 3.8) is 0 Å². The molecule has 0 aliphatic carbocycles. The average molecular weight is 1860 g/mol. The molecule has 10 aromatic carbocycles. The smallest absolute Gasteiger partial charge is 0.324 e. The van der Waals surface area contributed by atoms with Gasteiger partial charge in [-0.2, -0.15) is 0 Å². The summed E-state index contributed by atoms with van der Waals surface area (Å²) < 4.78 is 103. The van der Waals surface area contributed by atoms with Crippen LogP contribution in [0.3, 0.4) is 0 Å². The fourth-order valence-electron chi connectivity index (χ4n) is 16.7. The van der Waals surface area contributed by atoms with Crippen LogP contribution in [0.1, 0.15) is 101 Å². The van der Waals surface area contributed by atoms with Crippen LogP contribution in [-0.4, -0.2) is 227 Å². The summed E-state index contributed by atoms with van der Waals surface area (Å²) in [5, 5.41) is 47.7. The van der Waals surface area contributed by atoms with Gasteiger partial charge in [-0.05, 0) is 55.6 Å². The Kier molecular flexibility index (Phi) is 39.9. The second kappa shape index (κ2) is 52.3. The van der Waals surface area contributed by atoms with Crippen LogP contribution in [-0.2, 0) is 123 Å². The lowest BCUT2D eigenvalue weighted by Gasteiger charge is -2.22. The van der Waals surface area contributed by atoms with Gasteiger partial charge in [0.15, 0.2) is 0 Å². The van der Waals surface area contributed by atoms with Crippen molar-refractivity contribution >= 4 is 47.6 Å². The Balaban J connectivity index is 0.000000154. The summed E-state index contributed by atoms with van der Waals surface area (Å²) in [6.45, 7) is 4.46. The fraction of sp³-hybridized carbons (Fsp3) is 0.352. The number of alkyl halides is 6. The Bertz CT molecular complexity index is 5180. The molecule has 11 atom stereocenters. The molecule has 0 spiro atoms. The Morgan fingerprint density at radius 3 is 0.889 bits per heavy atom. The van der Waals surface area contributed by atoms with E-state index in [2.05, 4.69) is 5.32 Å². The molecule has 0 aromatic heterocycles. The number of aliphatic hydroxyl groups is 2. The lowest BCUT2D eigenvalue weighted by atomic mass is 10.1. The molecule has 30 heteroatoms. The normalized spacial score (nSPS) is 22.3. The summed E-state index contributed by atoms with van der Waals surface area (Å²) in [5.74, 6) is -10.2. The number of halogens is 6. The quantitative estimate of drug-likeness (QED) is 0.0158. The number of Topliss-reactive ketones (excluding diaryl/α,β-unsaturated/α-hetero) is 1. The zero-order valence-electron chi connectivity index (χ0n) is 74.8. The maximum absolute atomic E-state index is 13.8. The van der Waals surface area contributed by atoms with Crippen LogP contribution in [0, 0.1) is 0 Å². The Hall–Kier alpha value is -12.6. The summed E-state index contributed by atoms with van der Waals surface area (Å²) >= 11 is 0. The van der Waals surface area contributed by atoms with Gasteiger partial charge in [-0.25, -0.2) is 26.3 Å². The molecule has 0 radical (unpaired) electrons. The lowest BCUT2D eigenvalue weighted by molar-refractivity contribution is -0.151. The molecule has 7 heterocycles. The van der Waals surface area contributed by atoms with E-state index in [9.17, 15) is 69.8 Å². The van der Waals surface area contributed by atoms with Gasteiger partial charge in [0.05, 0.1) is 31.8 Å². The largest absolute Gasteiger partial charge is 0.480 e. The number of hydrogen-bond donors (Lipinski definition) is 6. The second-order valence-electron chi connectivity index (χ2n) is 34.2. The molecule has 7 fully saturated rings. The molecule has 0 amide bonds. The topological polar surface area (TPSA) is 306 Å². The highest BCUT2D eigenvalue weighted by Crippen LogP contribution is 2.36. The van der Waals surface area contributed by atoms with Gasteiger partial charge in [0.1, 0.15) is 86.8 Å². The maximum Gasteiger partial charge on any atom is 0.324 e. The first-order valence-electron chi connectivity index (χ1n) is 44.9. The molecule has 135 heavy (non-hydrogen) atoms. The number of nitrogens with one attached hydrogen (secondary N) is 1. The van der Waals surface area contributed by atoms with E-state index in [1.54, 1.807) is 29.2 Å². The number of benzene rings is 10. The highest BCUT2D eigenvalue weighted by molar-refractivity contribution is 5.91. The van der Waals surface area contributed by atoms with Crippen LogP contribution < -0.4 is 5.32 Å². The first kappa shape index (κ1) is 103. The molecule has 7 saturated heterocycles. The number of aliphatic carboxylic acids is 3. The Morgan fingerprint density at radius 1 is 0.311 bits per heavy atom. The second-order valence-corrected chi connectivity index (χ2v) is 34.2. The number of aliphatic hydroxyl groups excluding tert-OH is 2. The van der Waals surface area contributed by atoms with Crippen LogP contribution >= 0.6 is 0 Å². The molecule has 10 aromatic rings. The fourth-order valence-corrected chi connectivity index (χ4v) is 16.7. The van der Waals surface area contributed by atoms with E-state index < -0.39 is 122 Å². The highest BCUT2D eigenvalue weighted by atomic mass is 19.3. The third kappa shape index (κ3) is 34.4. The summed E-state index contributed by atoms with van der Waals surface area (Å²) in [7, 11) is 0. The number of esters is 4. The van der Waals surface area contributed by atoms with E-state index in [1.165, 1.54) is 9.80 Å². The van der Waals surface area contributed by atoms with Crippen LogP contribution in [0.15, 0.2) is 303 Å². The van der Waals surface area contributed by atoms with Crippen molar-refractivity contribution in [3.8, 4) is 0 Å². The first-order valence-corrected chi connectivity index (χ1v) is 44.9. The molecule has 714 valence electrons. The van der Waals surface area contributed by atoms with Crippen molar-refractivity contribution in [2.75, 3.05) is 45.8 Å². The number of ether oxygens (including phenoxy) is 4. The van der Waals surface area contributed by atoms with Gasteiger partial charge in [0, 0.05) is 110 Å². The molecule has 7 aliphatic rings. The number of carboxylic acids is 3. The molecule has 0 unspecified atom stereocenters. The molecule has 0 bridgehead atoms. The number of nitrogens with zero attached hydrogens (tertiary/aromatic N) is 6. The number of ketones is 1. The molecule has 7 aliphatic heterocycles. The Morgan fingerprint density at radius 2 is 0.578 bits per heavy atom. The van der Waals surface area contributed by atoms with E-state index in [4.69, 9.17) is 39.4 Å². The molecule has 24 nitrogen and oxygen atoms in total. The minimum Gasteiger partial charge on any atom is -0.480 e. The molecular weight excluding hydrogens is 1750 g/mol. The third-order valence-corrected chi connectivity index (χ3v) is 23.4. The van der Waals surface area contributed by atoms with Gasteiger partial charge in [-0.15, -0.1) is 0 Å². The summed E-state index contributed by atoms with van der Waals surface area (Å²) in [6, 6.07) is 90.8. The summed E-state index contributed by atoms with van der Waals surface area (Å²) in [4.78, 5) is 103. The number of rotatable bonds is 27. The Labute approximate surface area is 781 Å². The predicted molar refractivity (Wildman–Crippen MR) is 493 cm³/mol. The van der Waals surface area contributed by atoms with Crippen LogP contribution in [0.2, 0.25) is 0 Å². The zero-order chi connectivity index (χ0) is 96.1. The van der Waals surface area contributed by atoms with E-state index in [1.807, 2.05) is 294 Å². The van der Waals surface area contributed by atoms with Crippen molar-refractivity contribution in [2.45, 2.75) is 189 Å². The van der Waals surface area contributed by atoms with E-state index in [0.29, 0.717) is 65.2 Å². The number of carboxylic acid groups (broad SMARTS) is 3. The van der Waals surface area contributed by atoms with Gasteiger partial charge in [0.25, 0.3) is 11.8 Å². The van der Waals surface area contributed by atoms with E-state index >= 15 is 0 Å². The maximum atomic E-state index is 13.8. The van der Waals surface area contributed by atoms with Crippen molar-refractivity contribution in [1.82, 2.24) is 34.7 Å². The van der Waals surface area contributed by atoms with Gasteiger partial charge in [0.2, 0.25) is 0 Å². The summed E-state index contributed by atoms with van der Waals surface area (Å²) in [6.07, 6.45) is -2.75. The molecule has 0 saturated carbocycles. The average Bonchev–Trinajstić information content (AvgIpc) is 1.68. The number of likely N-dealkylation sites (tertiary alicyclic amines) is 6. The molecule has 6 N–H and O–H groups in total. The van der Waals surface area contributed by atoms with E-state index in [0.717, 1.165) is 55.6 Å². The monoisotopic (exact) mass is 1860 g/mol.